The van der Waals surface area contributed by atoms with Crippen molar-refractivity contribution in [2.75, 3.05) is 39.3 Å². The van der Waals surface area contributed by atoms with Gasteiger partial charge < -0.3 is 0 Å². The quantitative estimate of drug-likeness (QED) is 0.314. The summed E-state index contributed by atoms with van der Waals surface area (Å²) in [6.07, 6.45) is 9.46. The molecule has 0 spiro atoms. The van der Waals surface area contributed by atoms with Gasteiger partial charge in [0.25, 0.3) is 0 Å². The van der Waals surface area contributed by atoms with Crippen LogP contribution in [0.1, 0.15) is 92.9 Å². The molecule has 0 atom stereocenters. The molecular weight excluding hydrogens is 306 g/mol. The van der Waals surface area contributed by atoms with E-state index in [2.05, 4.69) is 63.2 Å². The lowest BCUT2D eigenvalue weighted by Crippen LogP contribution is -2.70. The second kappa shape index (κ2) is 15.0. The number of nitrogens with zero attached hydrogens (tertiary/aromatic N) is 3. The molecule has 0 amide bonds. The van der Waals surface area contributed by atoms with Crippen LogP contribution in [0.5, 0.6) is 0 Å². The molecular formula is C22H48N3. The van der Waals surface area contributed by atoms with E-state index in [1.165, 1.54) is 77.8 Å². The van der Waals surface area contributed by atoms with Gasteiger partial charge in [-0.25, -0.2) is 0 Å². The Hall–Kier alpha value is -0.120. The maximum Gasteiger partial charge on any atom is 0.131 e. The second-order valence-electron chi connectivity index (χ2n) is 7.34. The van der Waals surface area contributed by atoms with E-state index >= 15 is 0 Å². The van der Waals surface area contributed by atoms with Crippen molar-refractivity contribution in [3.8, 4) is 0 Å². The van der Waals surface area contributed by atoms with Crippen LogP contribution in [0.2, 0.25) is 0 Å². The predicted molar refractivity (Wildman–Crippen MR) is 114 cm³/mol. The highest BCUT2D eigenvalue weighted by Gasteiger charge is 2.44. The van der Waals surface area contributed by atoms with Crippen molar-refractivity contribution in [1.29, 1.82) is 0 Å². The van der Waals surface area contributed by atoms with Crippen LogP contribution in [-0.4, -0.2) is 59.8 Å². The lowest BCUT2D eigenvalue weighted by molar-refractivity contribution is -0.176. The molecule has 0 fully saturated rings. The predicted octanol–water partition coefficient (Wildman–Crippen LogP) is 5.62. The Morgan fingerprint density at radius 2 is 0.760 bits per heavy atom. The normalized spacial score (nSPS) is 12.7. The largest absolute Gasteiger partial charge is 0.273 e. The molecule has 0 aromatic heterocycles. The molecule has 3 heteroatoms. The first-order valence-corrected chi connectivity index (χ1v) is 11.2. The van der Waals surface area contributed by atoms with Crippen LogP contribution in [0.4, 0.5) is 0 Å². The Balaban J connectivity index is 6.15. The zero-order chi connectivity index (χ0) is 19.1. The summed E-state index contributed by atoms with van der Waals surface area (Å²) < 4.78 is 0. The fourth-order valence-corrected chi connectivity index (χ4v) is 4.34. The summed E-state index contributed by atoms with van der Waals surface area (Å²) in [5.41, 5.74) is 0. The number of rotatable bonds is 17. The lowest BCUT2D eigenvalue weighted by Gasteiger charge is -2.57. The first-order valence-electron chi connectivity index (χ1n) is 11.2. The van der Waals surface area contributed by atoms with Gasteiger partial charge in [-0.05, 0) is 51.4 Å². The maximum atomic E-state index is 4.30. The molecule has 25 heavy (non-hydrogen) atoms. The van der Waals surface area contributed by atoms with Crippen molar-refractivity contribution in [1.82, 2.24) is 14.7 Å². The molecule has 0 aliphatic rings. The van der Waals surface area contributed by atoms with Crippen molar-refractivity contribution in [2.45, 2.75) is 98.7 Å². The average Bonchev–Trinajstić information content (AvgIpc) is 2.59. The molecule has 0 aliphatic carbocycles. The van der Waals surface area contributed by atoms with Crippen molar-refractivity contribution in [3.63, 3.8) is 0 Å². The molecule has 0 saturated heterocycles. The molecule has 0 aliphatic heterocycles. The van der Waals surface area contributed by atoms with Gasteiger partial charge in [-0.1, -0.05) is 48.5 Å². The topological polar surface area (TPSA) is 9.72 Å². The van der Waals surface area contributed by atoms with Crippen molar-refractivity contribution < 1.29 is 0 Å². The van der Waals surface area contributed by atoms with Gasteiger partial charge in [-0.3, -0.25) is 14.7 Å². The number of hydrogen-bond donors (Lipinski definition) is 0. The van der Waals surface area contributed by atoms with Crippen molar-refractivity contribution in [3.05, 3.63) is 6.92 Å². The van der Waals surface area contributed by atoms with E-state index in [1.807, 2.05) is 0 Å². The molecule has 0 aromatic carbocycles. The summed E-state index contributed by atoms with van der Waals surface area (Å²) in [6, 6.07) is 0. The highest BCUT2D eigenvalue weighted by Crippen LogP contribution is 2.32. The molecule has 0 saturated carbocycles. The van der Waals surface area contributed by atoms with Crippen LogP contribution >= 0.6 is 0 Å². The monoisotopic (exact) mass is 354 g/mol. The summed E-state index contributed by atoms with van der Waals surface area (Å²) in [4.78, 5) is 8.40. The fraction of sp³-hybridized carbons (Fsp3) is 0.955. The van der Waals surface area contributed by atoms with Crippen molar-refractivity contribution >= 4 is 0 Å². The smallest absolute Gasteiger partial charge is 0.131 e. The van der Waals surface area contributed by atoms with Crippen LogP contribution in [0.3, 0.4) is 0 Å². The third-order valence-electron chi connectivity index (χ3n) is 4.99. The molecule has 0 aromatic rings. The van der Waals surface area contributed by atoms with Gasteiger partial charge in [-0.2, -0.15) is 0 Å². The molecule has 151 valence electrons. The minimum Gasteiger partial charge on any atom is -0.273 e. The van der Waals surface area contributed by atoms with E-state index in [9.17, 15) is 0 Å². The van der Waals surface area contributed by atoms with Crippen LogP contribution in [0, 0.1) is 6.92 Å². The van der Waals surface area contributed by atoms with E-state index < -0.39 is 0 Å². The Kier molecular flexibility index (Phi) is 14.9. The minimum absolute atomic E-state index is 0.0474. The third kappa shape index (κ3) is 7.19. The first-order chi connectivity index (χ1) is 12.1. The Bertz CT molecular complexity index is 234. The summed E-state index contributed by atoms with van der Waals surface area (Å²) in [7, 11) is 0. The molecule has 0 rings (SSSR count). The average molecular weight is 355 g/mol. The van der Waals surface area contributed by atoms with Crippen molar-refractivity contribution in [2.24, 2.45) is 0 Å². The summed E-state index contributed by atoms with van der Waals surface area (Å²) in [6.45, 7) is 25.3. The van der Waals surface area contributed by atoms with Gasteiger partial charge in [0.15, 0.2) is 0 Å². The molecule has 3 nitrogen and oxygen atoms in total. The molecule has 0 N–H and O–H groups in total. The Morgan fingerprint density at radius 1 is 0.520 bits per heavy atom. The van der Waals surface area contributed by atoms with E-state index in [-0.39, 0.29) is 5.79 Å². The standard InChI is InChI=1S/C22H48N3/c1-8-15-22(23(16-9-2)17-10-3,24(18-11-4)19-12-5)25(20-13-6)21-14-7/h1,8-21H2,2-7H3. The molecule has 0 unspecified atom stereocenters. The van der Waals surface area contributed by atoms with E-state index in [1.54, 1.807) is 0 Å². The van der Waals surface area contributed by atoms with E-state index in [4.69, 9.17) is 0 Å². The van der Waals surface area contributed by atoms with Crippen LogP contribution in [0.15, 0.2) is 0 Å². The Labute approximate surface area is 160 Å². The zero-order valence-corrected chi connectivity index (χ0v) is 18.4. The van der Waals surface area contributed by atoms with E-state index in [0.717, 1.165) is 12.8 Å². The highest BCUT2D eigenvalue weighted by atomic mass is 15.6. The third-order valence-corrected chi connectivity index (χ3v) is 4.99. The number of hydrogen-bond acceptors (Lipinski definition) is 3. The zero-order valence-electron chi connectivity index (χ0n) is 18.4. The van der Waals surface area contributed by atoms with Gasteiger partial charge in [0.05, 0.1) is 0 Å². The second-order valence-corrected chi connectivity index (χ2v) is 7.34. The van der Waals surface area contributed by atoms with Gasteiger partial charge in [0, 0.05) is 39.3 Å². The summed E-state index contributed by atoms with van der Waals surface area (Å²) >= 11 is 0. The highest BCUT2D eigenvalue weighted by molar-refractivity contribution is 4.91. The maximum absolute atomic E-state index is 4.30. The lowest BCUT2D eigenvalue weighted by atomic mass is 10.0. The SMILES string of the molecule is [CH2]CCC(N(CCC)CCC)(N(CCC)CCC)N(CCC)CCC. The van der Waals surface area contributed by atoms with E-state index in [0.29, 0.717) is 0 Å². The van der Waals surface area contributed by atoms with Gasteiger partial charge in [0.1, 0.15) is 5.79 Å². The first kappa shape index (κ1) is 24.9. The van der Waals surface area contributed by atoms with Crippen LogP contribution in [-0.2, 0) is 0 Å². The Morgan fingerprint density at radius 3 is 0.920 bits per heavy atom. The molecule has 0 bridgehead atoms. The summed E-state index contributed by atoms with van der Waals surface area (Å²) in [5.74, 6) is 0.0474. The molecule has 0 heterocycles. The summed E-state index contributed by atoms with van der Waals surface area (Å²) in [5, 5.41) is 0. The van der Waals surface area contributed by atoms with Crippen LogP contribution < -0.4 is 0 Å². The fourth-order valence-electron chi connectivity index (χ4n) is 4.34. The van der Waals surface area contributed by atoms with Crippen LogP contribution in [0.25, 0.3) is 0 Å². The van der Waals surface area contributed by atoms with Gasteiger partial charge >= 0.3 is 0 Å². The molecule has 1 radical (unpaired) electrons. The van der Waals surface area contributed by atoms with Gasteiger partial charge in [0.2, 0.25) is 0 Å². The minimum atomic E-state index is 0.0474. The van der Waals surface area contributed by atoms with Gasteiger partial charge in [-0.15, -0.1) is 0 Å².